The predicted octanol–water partition coefficient (Wildman–Crippen LogP) is 2.02. The van der Waals surface area contributed by atoms with Crippen molar-refractivity contribution in [2.45, 2.75) is 46.1 Å². The Labute approximate surface area is 98.8 Å². The second-order valence-corrected chi connectivity index (χ2v) is 4.85. The van der Waals surface area contributed by atoms with E-state index in [1.165, 1.54) is 0 Å². The molecule has 0 saturated heterocycles. The van der Waals surface area contributed by atoms with Crippen LogP contribution in [0.5, 0.6) is 0 Å². The Morgan fingerprint density at radius 1 is 1.00 bits per heavy atom. The van der Waals surface area contributed by atoms with Gasteiger partial charge in [-0.05, 0) is 47.9 Å². The minimum absolute atomic E-state index is 0.176. The van der Waals surface area contributed by atoms with Gasteiger partial charge in [-0.1, -0.05) is 0 Å². The molecule has 0 saturated carbocycles. The summed E-state index contributed by atoms with van der Waals surface area (Å²) in [4.78, 5) is 4.62. The Balaban J connectivity index is 2.94. The van der Waals surface area contributed by atoms with Crippen molar-refractivity contribution in [3.63, 3.8) is 0 Å². The second-order valence-electron chi connectivity index (χ2n) is 4.85. The van der Waals surface area contributed by atoms with Crippen LogP contribution in [-0.2, 0) is 0 Å². The van der Waals surface area contributed by atoms with Gasteiger partial charge in [-0.15, -0.1) is 0 Å². The molecule has 0 spiro atoms. The normalized spacial score (nSPS) is 12.7. The highest BCUT2D eigenvalue weighted by molar-refractivity contribution is 4.82. The lowest BCUT2D eigenvalue weighted by molar-refractivity contribution is -0.0220. The molecule has 4 nitrogen and oxygen atoms in total. The van der Waals surface area contributed by atoms with Crippen LogP contribution >= 0.6 is 0 Å². The topological polar surface area (TPSA) is 24.3 Å². The molecule has 1 aromatic heterocycles. The fraction of sp³-hybridized carbons (Fsp3) is 0.750. The van der Waals surface area contributed by atoms with Crippen molar-refractivity contribution in [1.82, 2.24) is 19.6 Å². The Morgan fingerprint density at radius 2 is 1.50 bits per heavy atom. The summed E-state index contributed by atoms with van der Waals surface area (Å²) < 4.78 is 2.00. The van der Waals surface area contributed by atoms with Gasteiger partial charge < -0.3 is 0 Å². The number of hydrogen-bond acceptors (Lipinski definition) is 3. The van der Waals surface area contributed by atoms with Gasteiger partial charge in [0.1, 0.15) is 0 Å². The lowest BCUT2D eigenvalue weighted by Crippen LogP contribution is -2.46. The summed E-state index contributed by atoms with van der Waals surface area (Å²) in [6.45, 7) is 8.80. The molecule has 0 aromatic carbocycles. The molecule has 4 heteroatoms. The molecule has 0 radical (unpaired) electrons. The second kappa shape index (κ2) is 5.46. The largest absolute Gasteiger partial charge is 0.270 e. The van der Waals surface area contributed by atoms with Crippen LogP contribution in [-0.4, -0.2) is 45.8 Å². The van der Waals surface area contributed by atoms with Gasteiger partial charge in [-0.25, -0.2) is 4.68 Å². The van der Waals surface area contributed by atoms with E-state index >= 15 is 0 Å². The first-order valence-electron chi connectivity index (χ1n) is 5.88. The van der Waals surface area contributed by atoms with E-state index in [0.717, 1.165) is 0 Å². The zero-order chi connectivity index (χ0) is 12.3. The standard InChI is InChI=1S/C12H24N4/c1-10(2)14(5)12(15(6)11(3)4)16-9-7-8-13-16/h7-12H,1-6H3. The maximum absolute atomic E-state index is 4.36. The van der Waals surface area contributed by atoms with Crippen molar-refractivity contribution >= 4 is 0 Å². The Morgan fingerprint density at radius 3 is 1.81 bits per heavy atom. The van der Waals surface area contributed by atoms with Crippen LogP contribution in [0.15, 0.2) is 18.5 Å². The average molecular weight is 224 g/mol. The van der Waals surface area contributed by atoms with Crippen LogP contribution in [0.1, 0.15) is 34.0 Å². The van der Waals surface area contributed by atoms with Gasteiger partial charge in [-0.3, -0.25) is 9.80 Å². The van der Waals surface area contributed by atoms with Crippen molar-refractivity contribution in [2.75, 3.05) is 14.1 Å². The molecule has 0 fully saturated rings. The van der Waals surface area contributed by atoms with Crippen LogP contribution in [0, 0.1) is 0 Å². The fourth-order valence-electron chi connectivity index (χ4n) is 1.61. The van der Waals surface area contributed by atoms with Crippen molar-refractivity contribution in [2.24, 2.45) is 0 Å². The van der Waals surface area contributed by atoms with E-state index in [9.17, 15) is 0 Å². The quantitative estimate of drug-likeness (QED) is 0.715. The summed E-state index contributed by atoms with van der Waals surface area (Å²) in [6.07, 6.45) is 4.02. The third-order valence-corrected chi connectivity index (χ3v) is 3.12. The lowest BCUT2D eigenvalue weighted by Gasteiger charge is -2.39. The van der Waals surface area contributed by atoms with Crippen LogP contribution in [0.4, 0.5) is 0 Å². The summed E-state index contributed by atoms with van der Waals surface area (Å²) in [5, 5.41) is 4.36. The summed E-state index contributed by atoms with van der Waals surface area (Å²) in [6, 6.07) is 2.93. The third-order valence-electron chi connectivity index (χ3n) is 3.12. The SMILES string of the molecule is CC(C)N(C)C(N(C)C(C)C)n1cccn1. The van der Waals surface area contributed by atoms with Crippen molar-refractivity contribution in [3.8, 4) is 0 Å². The van der Waals surface area contributed by atoms with Crippen LogP contribution < -0.4 is 0 Å². The van der Waals surface area contributed by atoms with E-state index in [1.807, 2.05) is 23.1 Å². The van der Waals surface area contributed by atoms with Crippen molar-refractivity contribution in [3.05, 3.63) is 18.5 Å². The van der Waals surface area contributed by atoms with Crippen LogP contribution in [0.25, 0.3) is 0 Å². The number of rotatable bonds is 5. The molecular weight excluding hydrogens is 200 g/mol. The van der Waals surface area contributed by atoms with Gasteiger partial charge in [0, 0.05) is 24.5 Å². The number of aromatic nitrogens is 2. The molecule has 0 N–H and O–H groups in total. The van der Waals surface area contributed by atoms with Gasteiger partial charge >= 0.3 is 0 Å². The molecular formula is C12H24N4. The molecule has 0 amide bonds. The molecule has 0 atom stereocenters. The van der Waals surface area contributed by atoms with E-state index in [1.54, 1.807) is 0 Å². The Hall–Kier alpha value is -0.870. The first-order chi connectivity index (χ1) is 7.45. The van der Waals surface area contributed by atoms with E-state index < -0.39 is 0 Å². The molecule has 1 aromatic rings. The van der Waals surface area contributed by atoms with Crippen LogP contribution in [0.2, 0.25) is 0 Å². The molecule has 0 aliphatic carbocycles. The van der Waals surface area contributed by atoms with Crippen molar-refractivity contribution < 1.29 is 0 Å². The van der Waals surface area contributed by atoms with Gasteiger partial charge in [0.05, 0.1) is 0 Å². The van der Waals surface area contributed by atoms with Gasteiger partial charge in [0.2, 0.25) is 0 Å². The molecule has 1 heterocycles. The maximum Gasteiger partial charge on any atom is 0.160 e. The molecule has 0 aliphatic heterocycles. The highest BCUT2D eigenvalue weighted by atomic mass is 15.5. The Kier molecular flexibility index (Phi) is 4.50. The zero-order valence-corrected chi connectivity index (χ0v) is 11.3. The highest BCUT2D eigenvalue weighted by Gasteiger charge is 2.25. The number of hydrogen-bond donors (Lipinski definition) is 0. The molecule has 0 unspecified atom stereocenters. The predicted molar refractivity (Wildman–Crippen MR) is 67.1 cm³/mol. The van der Waals surface area contributed by atoms with E-state index in [-0.39, 0.29) is 6.29 Å². The Bertz CT molecular complexity index is 278. The highest BCUT2D eigenvalue weighted by Crippen LogP contribution is 2.19. The van der Waals surface area contributed by atoms with E-state index in [0.29, 0.717) is 12.1 Å². The first-order valence-corrected chi connectivity index (χ1v) is 5.88. The molecule has 16 heavy (non-hydrogen) atoms. The monoisotopic (exact) mass is 224 g/mol. The molecule has 0 bridgehead atoms. The summed E-state index contributed by atoms with van der Waals surface area (Å²) in [5.41, 5.74) is 0. The third kappa shape index (κ3) is 2.83. The first kappa shape index (κ1) is 13.2. The van der Waals surface area contributed by atoms with Gasteiger partial charge in [-0.2, -0.15) is 5.10 Å². The average Bonchev–Trinajstić information content (AvgIpc) is 2.70. The summed E-state index contributed by atoms with van der Waals surface area (Å²) >= 11 is 0. The number of nitrogens with zero attached hydrogens (tertiary/aromatic N) is 4. The molecule has 92 valence electrons. The summed E-state index contributed by atoms with van der Waals surface area (Å²) in [7, 11) is 4.27. The van der Waals surface area contributed by atoms with E-state index in [2.05, 4.69) is 56.7 Å². The van der Waals surface area contributed by atoms with E-state index in [4.69, 9.17) is 0 Å². The maximum atomic E-state index is 4.36. The van der Waals surface area contributed by atoms with Gasteiger partial charge in [0.25, 0.3) is 0 Å². The zero-order valence-electron chi connectivity index (χ0n) is 11.3. The smallest absolute Gasteiger partial charge is 0.160 e. The lowest BCUT2D eigenvalue weighted by atomic mass is 10.3. The molecule has 0 aliphatic rings. The van der Waals surface area contributed by atoms with Gasteiger partial charge in [0.15, 0.2) is 6.29 Å². The summed E-state index contributed by atoms with van der Waals surface area (Å²) in [5.74, 6) is 0. The molecule has 1 rings (SSSR count). The minimum atomic E-state index is 0.176. The fourth-order valence-corrected chi connectivity index (χ4v) is 1.61. The van der Waals surface area contributed by atoms with Crippen molar-refractivity contribution in [1.29, 1.82) is 0 Å². The van der Waals surface area contributed by atoms with Crippen LogP contribution in [0.3, 0.4) is 0 Å². The minimum Gasteiger partial charge on any atom is -0.270 e.